The van der Waals surface area contributed by atoms with Gasteiger partial charge in [0.2, 0.25) is 0 Å². The number of hydrogen-bond acceptors (Lipinski definition) is 4. The van der Waals surface area contributed by atoms with Gasteiger partial charge < -0.3 is 18.7 Å². The first kappa shape index (κ1) is 54.6. The zero-order chi connectivity index (χ0) is 57.0. The summed E-state index contributed by atoms with van der Waals surface area (Å²) in [7, 11) is -4.40. The van der Waals surface area contributed by atoms with Crippen LogP contribution in [-0.4, -0.2) is 29.8 Å². The third-order valence-electron chi connectivity index (χ3n) is 18.3. The van der Waals surface area contributed by atoms with Crippen molar-refractivity contribution in [2.45, 2.75) is 104 Å². The third kappa shape index (κ3) is 10.7. The Bertz CT molecular complexity index is 3820. The third-order valence-corrected chi connectivity index (χ3v) is 27.3. The summed E-state index contributed by atoms with van der Waals surface area (Å²) in [6, 6.07) is 71.4. The lowest BCUT2D eigenvalue weighted by atomic mass is 9.88. The molecule has 0 aliphatic carbocycles. The maximum Gasteiger partial charge on any atom is 0.192 e. The minimum Gasteiger partial charge on any atom is -0.412 e. The lowest BCUT2D eigenvalue weighted by Crippen LogP contribution is -2.42. The van der Waals surface area contributed by atoms with Crippen LogP contribution in [-0.2, 0) is 35.0 Å². The van der Waals surface area contributed by atoms with Crippen LogP contribution in [0, 0.1) is 23.7 Å². The van der Waals surface area contributed by atoms with E-state index in [0.29, 0.717) is 13.2 Å². The number of fused-ring (bicyclic) bond motifs is 14. The molecule has 0 saturated heterocycles. The molecule has 0 bridgehead atoms. The molecule has 0 aromatic heterocycles. The van der Waals surface area contributed by atoms with Crippen molar-refractivity contribution in [1.29, 1.82) is 0 Å². The Labute approximate surface area is 488 Å². The van der Waals surface area contributed by atoms with Gasteiger partial charge in [0.05, 0.1) is 13.2 Å². The van der Waals surface area contributed by atoms with E-state index in [2.05, 4.69) is 295 Å². The molecule has 10 aromatic rings. The van der Waals surface area contributed by atoms with E-state index < -0.39 is 16.6 Å². The molecule has 0 N–H and O–H groups in total. The van der Waals surface area contributed by atoms with E-state index >= 15 is 0 Å². The summed E-state index contributed by atoms with van der Waals surface area (Å²) >= 11 is 0. The SMILES string of the molecule is CC(C)(C)[Si](C)(C)OC/C(C#Cc1ccc(N2Cc3ccc4ccccc4c3-c3c(ccc4ccccc34)C2)cc1)=C(\C#Cc1ccc(N2Cc3ccc4ccccc4c3-c3c(ccc4ccccc34)C2)cc1)CO[Si](C)(C)C(C)(C)C. The standard InChI is InChI=1S/C76H74N2O2Si2/c1-75(2,3)81(7,8)79-51-63(33-27-53-29-43-65(44-30-53)77-47-59-39-35-55-19-11-15-23-67(55)71(59)72-60(48-77)40-36-56-20-12-16-24-68(56)72)64(52-80-82(9,10)76(4,5)6)34-28-54-31-45-66(46-32-54)78-49-61-41-37-57-21-13-17-25-69(57)73(61)74-62(50-78)42-38-58-22-14-18-26-70(58)74/h11-26,29-32,35-46H,47-52H2,1-10H3/b64-63+. The summed E-state index contributed by atoms with van der Waals surface area (Å²) in [5, 5.41) is 10.3. The molecule has 82 heavy (non-hydrogen) atoms. The van der Waals surface area contributed by atoms with Crippen molar-refractivity contribution in [3.63, 3.8) is 0 Å². The van der Waals surface area contributed by atoms with Crippen molar-refractivity contribution >= 4 is 71.1 Å². The normalized spacial score (nSPS) is 13.9. The van der Waals surface area contributed by atoms with Gasteiger partial charge in [-0.15, -0.1) is 0 Å². The lowest BCUT2D eigenvalue weighted by molar-refractivity contribution is 0.308. The van der Waals surface area contributed by atoms with Gasteiger partial charge in [0.15, 0.2) is 16.6 Å². The van der Waals surface area contributed by atoms with E-state index in [1.807, 2.05) is 0 Å². The molecule has 0 radical (unpaired) electrons. The van der Waals surface area contributed by atoms with Gasteiger partial charge in [0, 0.05) is 59.8 Å². The van der Waals surface area contributed by atoms with Gasteiger partial charge in [-0.2, -0.15) is 0 Å². The fourth-order valence-electron chi connectivity index (χ4n) is 11.4. The van der Waals surface area contributed by atoms with Crippen LogP contribution in [0.2, 0.25) is 36.3 Å². The second-order valence-corrected chi connectivity index (χ2v) is 35.3. The first-order chi connectivity index (χ1) is 39.4. The summed E-state index contributed by atoms with van der Waals surface area (Å²) in [4.78, 5) is 5.02. The summed E-state index contributed by atoms with van der Waals surface area (Å²) in [6.45, 7) is 26.9. The molecule has 10 aromatic carbocycles. The van der Waals surface area contributed by atoms with Crippen molar-refractivity contribution in [1.82, 2.24) is 0 Å². The number of nitrogens with zero attached hydrogens (tertiary/aromatic N) is 2. The summed E-state index contributed by atoms with van der Waals surface area (Å²) in [5.74, 6) is 14.6. The number of anilines is 2. The van der Waals surface area contributed by atoms with Crippen LogP contribution < -0.4 is 9.80 Å². The van der Waals surface area contributed by atoms with Gasteiger partial charge in [-0.05, 0) is 172 Å². The Balaban J connectivity index is 0.889. The van der Waals surface area contributed by atoms with E-state index in [1.165, 1.54) is 87.6 Å². The Morgan fingerprint density at radius 3 is 0.902 bits per heavy atom. The largest absolute Gasteiger partial charge is 0.412 e. The summed E-state index contributed by atoms with van der Waals surface area (Å²) in [5.41, 5.74) is 16.6. The van der Waals surface area contributed by atoms with Crippen LogP contribution in [0.4, 0.5) is 11.4 Å². The van der Waals surface area contributed by atoms with E-state index in [0.717, 1.165) is 59.8 Å². The first-order valence-electron chi connectivity index (χ1n) is 29.2. The Kier molecular flexibility index (Phi) is 14.5. The van der Waals surface area contributed by atoms with Gasteiger partial charge in [0.1, 0.15) is 0 Å². The molecular weight excluding hydrogens is 1030 g/mol. The zero-order valence-electron chi connectivity index (χ0n) is 49.4. The maximum absolute atomic E-state index is 7.04. The molecule has 0 saturated carbocycles. The molecule has 12 rings (SSSR count). The minimum absolute atomic E-state index is 0.0141. The molecule has 0 spiro atoms. The summed E-state index contributed by atoms with van der Waals surface area (Å²) < 4.78 is 14.1. The van der Waals surface area contributed by atoms with Crippen LogP contribution in [0.3, 0.4) is 0 Å². The van der Waals surface area contributed by atoms with Crippen LogP contribution in [0.5, 0.6) is 0 Å². The number of benzene rings is 10. The molecule has 0 amide bonds. The highest BCUT2D eigenvalue weighted by atomic mass is 28.4. The minimum atomic E-state index is -2.20. The van der Waals surface area contributed by atoms with Crippen molar-refractivity contribution in [3.05, 3.63) is 239 Å². The van der Waals surface area contributed by atoms with E-state index in [4.69, 9.17) is 8.85 Å². The highest BCUT2D eigenvalue weighted by molar-refractivity contribution is 6.74. The van der Waals surface area contributed by atoms with Crippen molar-refractivity contribution in [2.24, 2.45) is 0 Å². The van der Waals surface area contributed by atoms with Gasteiger partial charge in [-0.1, -0.05) is 211 Å². The average molecular weight is 1100 g/mol. The van der Waals surface area contributed by atoms with Crippen LogP contribution >= 0.6 is 0 Å². The Morgan fingerprint density at radius 2 is 0.634 bits per heavy atom. The molecule has 4 nitrogen and oxygen atoms in total. The highest BCUT2D eigenvalue weighted by Gasteiger charge is 2.39. The second kappa shape index (κ2) is 21.7. The molecule has 0 unspecified atom stereocenters. The smallest absolute Gasteiger partial charge is 0.192 e. The molecule has 6 heteroatoms. The van der Waals surface area contributed by atoms with Gasteiger partial charge >= 0.3 is 0 Å². The zero-order valence-corrected chi connectivity index (χ0v) is 51.4. The molecule has 408 valence electrons. The molecular formula is C76H74N2O2Si2. The Morgan fingerprint density at radius 1 is 0.366 bits per heavy atom. The molecule has 2 aliphatic heterocycles. The fraction of sp³-hybridized carbons (Fsp3) is 0.237. The summed E-state index contributed by atoms with van der Waals surface area (Å²) in [6.07, 6.45) is 0. The van der Waals surface area contributed by atoms with Crippen molar-refractivity contribution in [2.75, 3.05) is 23.0 Å². The molecule has 0 atom stereocenters. The first-order valence-corrected chi connectivity index (χ1v) is 35.0. The predicted octanol–water partition coefficient (Wildman–Crippen LogP) is 19.4. The molecule has 2 aliphatic rings. The lowest BCUT2D eigenvalue weighted by Gasteiger charge is -2.37. The molecule has 0 fully saturated rings. The quantitative estimate of drug-likeness (QED) is 0.112. The van der Waals surface area contributed by atoms with E-state index in [1.54, 1.807) is 0 Å². The van der Waals surface area contributed by atoms with Crippen molar-refractivity contribution in [3.8, 4) is 45.9 Å². The maximum atomic E-state index is 7.04. The molecule has 2 heterocycles. The van der Waals surface area contributed by atoms with Crippen LogP contribution in [0.15, 0.2) is 205 Å². The van der Waals surface area contributed by atoms with Crippen LogP contribution in [0.25, 0.3) is 65.3 Å². The average Bonchev–Trinajstić information content (AvgIpc) is 3.87. The van der Waals surface area contributed by atoms with Crippen LogP contribution in [0.1, 0.15) is 74.9 Å². The fourth-order valence-corrected chi connectivity index (χ4v) is 13.3. The monoisotopic (exact) mass is 1100 g/mol. The van der Waals surface area contributed by atoms with Gasteiger partial charge in [-0.25, -0.2) is 0 Å². The van der Waals surface area contributed by atoms with E-state index in [9.17, 15) is 0 Å². The number of hydrogen-bond donors (Lipinski definition) is 0. The van der Waals surface area contributed by atoms with Gasteiger partial charge in [-0.3, -0.25) is 0 Å². The topological polar surface area (TPSA) is 24.9 Å². The highest BCUT2D eigenvalue weighted by Crippen LogP contribution is 2.46. The predicted molar refractivity (Wildman–Crippen MR) is 354 cm³/mol. The second-order valence-electron chi connectivity index (χ2n) is 25.6. The van der Waals surface area contributed by atoms with E-state index in [-0.39, 0.29) is 10.1 Å². The van der Waals surface area contributed by atoms with Crippen molar-refractivity contribution < 1.29 is 8.85 Å². The Hall–Kier alpha value is -7.95. The van der Waals surface area contributed by atoms with Gasteiger partial charge in [0.25, 0.3) is 0 Å². The number of rotatable bonds is 8.